The first-order valence-electron chi connectivity index (χ1n) is 6.93. The molecule has 1 aromatic carbocycles. The highest BCUT2D eigenvalue weighted by Gasteiger charge is 2.24. The van der Waals surface area contributed by atoms with Gasteiger partial charge in [-0.05, 0) is 19.4 Å². The number of H-pyrrole nitrogens is 1. The van der Waals surface area contributed by atoms with Crippen molar-refractivity contribution in [3.05, 3.63) is 35.5 Å². The topological polar surface area (TPSA) is 53.2 Å². The van der Waals surface area contributed by atoms with Gasteiger partial charge in [-0.25, -0.2) is 0 Å². The highest BCUT2D eigenvalue weighted by molar-refractivity contribution is 6.45. The lowest BCUT2D eigenvalue weighted by Gasteiger charge is -2.15. The van der Waals surface area contributed by atoms with E-state index < -0.39 is 11.7 Å². The molecule has 1 amide bonds. The third kappa shape index (κ3) is 2.59. The quantitative estimate of drug-likeness (QED) is 0.672. The molecule has 1 N–H and O–H groups in total. The molecule has 0 fully saturated rings. The van der Waals surface area contributed by atoms with Crippen LogP contribution in [0.4, 0.5) is 0 Å². The Labute approximate surface area is 118 Å². The molecule has 0 atom stereocenters. The minimum atomic E-state index is -0.439. The molecule has 0 radical (unpaired) electrons. The molecule has 0 aliphatic carbocycles. The van der Waals surface area contributed by atoms with Gasteiger partial charge in [0.05, 0.1) is 5.56 Å². The molecule has 0 saturated carbocycles. The summed E-state index contributed by atoms with van der Waals surface area (Å²) < 4.78 is 0. The zero-order chi connectivity index (χ0) is 14.7. The molecule has 106 valence electrons. The van der Waals surface area contributed by atoms with E-state index in [-0.39, 0.29) is 0 Å². The molecule has 0 saturated heterocycles. The smallest absolute Gasteiger partial charge is 0.294 e. The fourth-order valence-electron chi connectivity index (χ4n) is 2.35. The molecule has 4 nitrogen and oxygen atoms in total. The van der Waals surface area contributed by atoms with Gasteiger partial charge >= 0.3 is 0 Å². The summed E-state index contributed by atoms with van der Waals surface area (Å²) in [7, 11) is 1.68. The number of hydrogen-bond donors (Lipinski definition) is 1. The van der Waals surface area contributed by atoms with Crippen LogP contribution in [0.2, 0.25) is 0 Å². The standard InChI is InChI=1S/C16H20N2O2/c1-4-5-10-18(3)16(20)15(19)14-11(2)17-13-9-7-6-8-12(13)14/h6-9,17H,4-5,10H2,1-3H3. The lowest BCUT2D eigenvalue weighted by molar-refractivity contribution is -0.125. The number of ketones is 1. The molecule has 0 unspecified atom stereocenters. The third-order valence-corrected chi connectivity index (χ3v) is 3.51. The van der Waals surface area contributed by atoms with E-state index >= 15 is 0 Å². The van der Waals surface area contributed by atoms with E-state index in [9.17, 15) is 9.59 Å². The number of para-hydroxylation sites is 1. The van der Waals surface area contributed by atoms with Crippen LogP contribution in [0.5, 0.6) is 0 Å². The van der Waals surface area contributed by atoms with Crippen molar-refractivity contribution in [3.8, 4) is 0 Å². The molecule has 4 heteroatoms. The lowest BCUT2D eigenvalue weighted by Crippen LogP contribution is -2.34. The molecule has 2 rings (SSSR count). The van der Waals surface area contributed by atoms with Gasteiger partial charge in [0.15, 0.2) is 0 Å². The fraction of sp³-hybridized carbons (Fsp3) is 0.375. The van der Waals surface area contributed by atoms with Crippen molar-refractivity contribution in [1.29, 1.82) is 0 Å². The predicted molar refractivity (Wildman–Crippen MR) is 79.9 cm³/mol. The Kier molecular flexibility index (Phi) is 4.23. The molecular weight excluding hydrogens is 252 g/mol. The van der Waals surface area contributed by atoms with Crippen molar-refractivity contribution < 1.29 is 9.59 Å². The van der Waals surface area contributed by atoms with E-state index in [1.54, 1.807) is 7.05 Å². The zero-order valence-electron chi connectivity index (χ0n) is 12.2. The van der Waals surface area contributed by atoms with Crippen molar-refractivity contribution in [2.75, 3.05) is 13.6 Å². The Morgan fingerprint density at radius 2 is 1.95 bits per heavy atom. The molecule has 0 aliphatic rings. The summed E-state index contributed by atoms with van der Waals surface area (Å²) >= 11 is 0. The van der Waals surface area contributed by atoms with Gasteiger partial charge in [0.25, 0.3) is 11.7 Å². The van der Waals surface area contributed by atoms with Crippen LogP contribution in [-0.2, 0) is 4.79 Å². The number of likely N-dealkylation sites (N-methyl/N-ethyl adjacent to an activating group) is 1. The summed E-state index contributed by atoms with van der Waals surface area (Å²) in [5.41, 5.74) is 2.12. The number of aromatic amines is 1. The van der Waals surface area contributed by atoms with Crippen LogP contribution in [0.15, 0.2) is 24.3 Å². The van der Waals surface area contributed by atoms with Gasteiger partial charge in [-0.1, -0.05) is 31.5 Å². The van der Waals surface area contributed by atoms with Crippen molar-refractivity contribution in [3.63, 3.8) is 0 Å². The van der Waals surface area contributed by atoms with Crippen LogP contribution in [-0.4, -0.2) is 35.2 Å². The summed E-state index contributed by atoms with van der Waals surface area (Å²) in [4.78, 5) is 29.3. The largest absolute Gasteiger partial charge is 0.358 e. The van der Waals surface area contributed by atoms with Crippen LogP contribution in [0.25, 0.3) is 10.9 Å². The Morgan fingerprint density at radius 1 is 1.25 bits per heavy atom. The number of amides is 1. The summed E-state index contributed by atoms with van der Waals surface area (Å²) in [5, 5.41) is 0.812. The lowest BCUT2D eigenvalue weighted by atomic mass is 10.1. The average molecular weight is 272 g/mol. The van der Waals surface area contributed by atoms with E-state index in [0.717, 1.165) is 29.4 Å². The molecule has 1 aromatic heterocycles. The van der Waals surface area contributed by atoms with Crippen molar-refractivity contribution in [2.24, 2.45) is 0 Å². The first-order valence-corrected chi connectivity index (χ1v) is 6.93. The van der Waals surface area contributed by atoms with Gasteiger partial charge in [-0.3, -0.25) is 9.59 Å². The van der Waals surface area contributed by atoms with Crippen LogP contribution in [0.1, 0.15) is 35.8 Å². The number of fused-ring (bicyclic) bond motifs is 1. The molecule has 2 aromatic rings. The van der Waals surface area contributed by atoms with Crippen LogP contribution in [0, 0.1) is 6.92 Å². The first-order chi connectivity index (χ1) is 9.56. The molecule has 1 heterocycles. The van der Waals surface area contributed by atoms with Gasteiger partial charge in [-0.2, -0.15) is 0 Å². The van der Waals surface area contributed by atoms with E-state index in [0.29, 0.717) is 12.1 Å². The maximum absolute atomic E-state index is 12.4. The van der Waals surface area contributed by atoms with E-state index in [1.807, 2.05) is 31.2 Å². The van der Waals surface area contributed by atoms with E-state index in [1.165, 1.54) is 4.90 Å². The summed E-state index contributed by atoms with van der Waals surface area (Å²) in [6, 6.07) is 7.55. The normalized spacial score (nSPS) is 10.8. The number of nitrogens with zero attached hydrogens (tertiary/aromatic N) is 1. The number of carbonyl (C=O) groups is 2. The molecule has 0 aliphatic heterocycles. The number of aromatic nitrogens is 1. The first kappa shape index (κ1) is 14.3. The molecule has 20 heavy (non-hydrogen) atoms. The SMILES string of the molecule is CCCCN(C)C(=O)C(=O)c1c(C)[nH]c2ccccc12. The molecular formula is C16H20N2O2. The second-order valence-corrected chi connectivity index (χ2v) is 5.08. The second-order valence-electron chi connectivity index (χ2n) is 5.08. The van der Waals surface area contributed by atoms with Gasteiger partial charge in [-0.15, -0.1) is 0 Å². The minimum absolute atomic E-state index is 0.432. The highest BCUT2D eigenvalue weighted by Crippen LogP contribution is 2.22. The number of unbranched alkanes of at least 4 members (excludes halogenated alkanes) is 1. The van der Waals surface area contributed by atoms with E-state index in [4.69, 9.17) is 0 Å². The van der Waals surface area contributed by atoms with Crippen LogP contribution >= 0.6 is 0 Å². The Hall–Kier alpha value is -2.10. The molecule has 0 spiro atoms. The van der Waals surface area contributed by atoms with Crippen LogP contribution in [0.3, 0.4) is 0 Å². The van der Waals surface area contributed by atoms with Crippen molar-refractivity contribution in [1.82, 2.24) is 9.88 Å². The van der Waals surface area contributed by atoms with E-state index in [2.05, 4.69) is 11.9 Å². The summed E-state index contributed by atoms with van der Waals surface area (Å²) in [6.07, 6.45) is 1.90. The minimum Gasteiger partial charge on any atom is -0.358 e. The Bertz CT molecular complexity index is 643. The highest BCUT2D eigenvalue weighted by atomic mass is 16.2. The predicted octanol–water partition coefficient (Wildman–Crippen LogP) is 2.92. The van der Waals surface area contributed by atoms with Gasteiger partial charge in [0.1, 0.15) is 0 Å². The average Bonchev–Trinajstić information content (AvgIpc) is 2.78. The fourth-order valence-corrected chi connectivity index (χ4v) is 2.35. The Morgan fingerprint density at radius 3 is 2.65 bits per heavy atom. The maximum atomic E-state index is 12.4. The number of hydrogen-bond acceptors (Lipinski definition) is 2. The summed E-state index contributed by atoms with van der Waals surface area (Å²) in [6.45, 7) is 4.50. The number of nitrogens with one attached hydrogen (secondary N) is 1. The van der Waals surface area contributed by atoms with Crippen molar-refractivity contribution >= 4 is 22.6 Å². The number of carbonyl (C=O) groups excluding carboxylic acids is 2. The van der Waals surface area contributed by atoms with Gasteiger partial charge in [0.2, 0.25) is 0 Å². The van der Waals surface area contributed by atoms with Gasteiger partial charge in [0, 0.05) is 30.2 Å². The number of aryl methyl sites for hydroxylation is 1. The number of Topliss-reactive ketones (excluding diaryl/α,β-unsaturated/α-hetero) is 1. The van der Waals surface area contributed by atoms with Crippen molar-refractivity contribution in [2.45, 2.75) is 26.7 Å². The summed E-state index contributed by atoms with van der Waals surface area (Å²) in [5.74, 6) is -0.871. The Balaban J connectivity index is 2.31. The number of benzene rings is 1. The van der Waals surface area contributed by atoms with Gasteiger partial charge < -0.3 is 9.88 Å². The van der Waals surface area contributed by atoms with Crippen LogP contribution < -0.4 is 0 Å². The maximum Gasteiger partial charge on any atom is 0.294 e. The third-order valence-electron chi connectivity index (χ3n) is 3.51. The number of rotatable bonds is 5. The molecule has 0 bridgehead atoms. The zero-order valence-corrected chi connectivity index (χ0v) is 12.2. The monoisotopic (exact) mass is 272 g/mol. The second kappa shape index (κ2) is 5.90.